The highest BCUT2D eigenvalue weighted by atomic mass is 35.5. The van der Waals surface area contributed by atoms with Gasteiger partial charge in [0.25, 0.3) is 0 Å². The maximum Gasteiger partial charge on any atom is 0.435 e. The number of hydrogen-bond donors (Lipinski definition) is 0. The molecule has 3 rings (SSSR count). The number of ether oxygens (including phenoxy) is 1. The van der Waals surface area contributed by atoms with Crippen molar-refractivity contribution in [2.75, 3.05) is 6.61 Å². The molecule has 0 amide bonds. The van der Waals surface area contributed by atoms with E-state index >= 15 is 0 Å². The lowest BCUT2D eigenvalue weighted by Gasteiger charge is -2.28. The first-order chi connectivity index (χ1) is 13.4. The predicted octanol–water partition coefficient (Wildman–Crippen LogP) is 5.86. The molecule has 0 radical (unpaired) electrons. The number of carbonyl (C=O) groups excluding carboxylic acids is 1. The van der Waals surface area contributed by atoms with Crippen LogP contribution in [0.15, 0.2) is 6.07 Å². The molecule has 0 unspecified atom stereocenters. The van der Waals surface area contributed by atoms with E-state index in [0.29, 0.717) is 0 Å². The Hall–Kier alpha value is -1.90. The van der Waals surface area contributed by atoms with E-state index in [-0.39, 0.29) is 72.3 Å². The minimum Gasteiger partial charge on any atom is -0.462 e. The Labute approximate surface area is 169 Å². The van der Waals surface area contributed by atoms with E-state index in [4.69, 9.17) is 16.3 Å². The summed E-state index contributed by atoms with van der Waals surface area (Å²) in [6.45, 7) is 3.16. The van der Waals surface area contributed by atoms with E-state index < -0.39 is 23.8 Å². The number of hydrogen-bond acceptors (Lipinski definition) is 3. The molecule has 29 heavy (non-hydrogen) atoms. The molecule has 0 atom stereocenters. The number of fused-ring (bicyclic) bond motifs is 1. The fourth-order valence-electron chi connectivity index (χ4n) is 3.78. The van der Waals surface area contributed by atoms with E-state index in [9.17, 15) is 26.7 Å². The second kappa shape index (κ2) is 7.74. The SMILES string of the molecule is CCOC(=O)c1cc2nc(C(F)(F)F)c(CC3CCC(F)(F)CC3)n2c(C)c1Cl. The Morgan fingerprint density at radius 2 is 1.97 bits per heavy atom. The first-order valence-corrected chi connectivity index (χ1v) is 9.65. The van der Waals surface area contributed by atoms with E-state index in [1.807, 2.05) is 0 Å². The number of carbonyl (C=O) groups is 1. The van der Waals surface area contributed by atoms with Gasteiger partial charge in [0.1, 0.15) is 5.65 Å². The van der Waals surface area contributed by atoms with E-state index in [1.165, 1.54) is 17.4 Å². The molecule has 0 aliphatic heterocycles. The summed E-state index contributed by atoms with van der Waals surface area (Å²) < 4.78 is 74.0. The number of rotatable bonds is 4. The number of alkyl halides is 5. The maximum atomic E-state index is 13.7. The number of nitrogens with zero attached hydrogens (tertiary/aromatic N) is 2. The van der Waals surface area contributed by atoms with Crippen molar-refractivity contribution in [3.8, 4) is 0 Å². The van der Waals surface area contributed by atoms with Gasteiger partial charge in [0, 0.05) is 18.5 Å². The van der Waals surface area contributed by atoms with Crippen molar-refractivity contribution in [3.63, 3.8) is 0 Å². The van der Waals surface area contributed by atoms with Crippen molar-refractivity contribution in [1.29, 1.82) is 0 Å². The van der Waals surface area contributed by atoms with Gasteiger partial charge in [-0.3, -0.25) is 4.40 Å². The maximum absolute atomic E-state index is 13.7. The third-order valence-electron chi connectivity index (χ3n) is 5.24. The molecule has 1 aliphatic carbocycles. The second-order valence-corrected chi connectivity index (χ2v) is 7.66. The van der Waals surface area contributed by atoms with Crippen molar-refractivity contribution >= 4 is 23.2 Å². The van der Waals surface area contributed by atoms with Crippen LogP contribution in [0.2, 0.25) is 5.02 Å². The van der Waals surface area contributed by atoms with Crippen LogP contribution < -0.4 is 0 Å². The molecule has 0 aromatic carbocycles. The lowest BCUT2D eigenvalue weighted by atomic mass is 9.83. The van der Waals surface area contributed by atoms with Crippen LogP contribution in [0.5, 0.6) is 0 Å². The number of imidazole rings is 1. The first kappa shape index (κ1) is 21.8. The van der Waals surface area contributed by atoms with Gasteiger partial charge >= 0.3 is 12.1 Å². The van der Waals surface area contributed by atoms with E-state index in [0.717, 1.165) is 0 Å². The number of pyridine rings is 1. The van der Waals surface area contributed by atoms with Crippen LogP contribution in [0, 0.1) is 12.8 Å². The van der Waals surface area contributed by atoms with Gasteiger partial charge in [-0.05, 0) is 45.1 Å². The molecule has 1 fully saturated rings. The summed E-state index contributed by atoms with van der Waals surface area (Å²) in [6.07, 6.45) is -5.22. The zero-order valence-corrected chi connectivity index (χ0v) is 16.6. The summed E-state index contributed by atoms with van der Waals surface area (Å²) in [5.41, 5.74) is -1.15. The molecule has 1 saturated carbocycles. The Bertz CT molecular complexity index is 929. The van der Waals surface area contributed by atoms with Gasteiger partial charge in [-0.25, -0.2) is 18.6 Å². The normalized spacial score (nSPS) is 17.7. The molecule has 160 valence electrons. The van der Waals surface area contributed by atoms with Crippen LogP contribution in [0.3, 0.4) is 0 Å². The van der Waals surface area contributed by atoms with Gasteiger partial charge in [-0.15, -0.1) is 0 Å². The number of halogens is 6. The smallest absolute Gasteiger partial charge is 0.435 e. The molecule has 1 aliphatic rings. The highest BCUT2D eigenvalue weighted by Gasteiger charge is 2.41. The monoisotopic (exact) mass is 438 g/mol. The number of esters is 1. The molecule has 0 N–H and O–H groups in total. The summed E-state index contributed by atoms with van der Waals surface area (Å²) in [4.78, 5) is 15.8. The van der Waals surface area contributed by atoms with Crippen LogP contribution in [-0.4, -0.2) is 27.9 Å². The van der Waals surface area contributed by atoms with Gasteiger partial charge in [0.15, 0.2) is 5.69 Å². The predicted molar refractivity (Wildman–Crippen MR) is 96.5 cm³/mol. The summed E-state index contributed by atoms with van der Waals surface area (Å²) in [5.74, 6) is -3.84. The summed E-state index contributed by atoms with van der Waals surface area (Å²) in [7, 11) is 0. The van der Waals surface area contributed by atoms with Gasteiger partial charge in [-0.1, -0.05) is 11.6 Å². The third-order valence-corrected chi connectivity index (χ3v) is 5.72. The van der Waals surface area contributed by atoms with Crippen LogP contribution in [0.4, 0.5) is 22.0 Å². The lowest BCUT2D eigenvalue weighted by Crippen LogP contribution is -2.26. The van der Waals surface area contributed by atoms with Crippen LogP contribution in [-0.2, 0) is 17.3 Å². The van der Waals surface area contributed by atoms with E-state index in [2.05, 4.69) is 4.98 Å². The zero-order valence-electron chi connectivity index (χ0n) is 15.9. The van der Waals surface area contributed by atoms with Gasteiger partial charge in [0.05, 0.1) is 22.9 Å². The zero-order chi connectivity index (χ0) is 21.6. The average molecular weight is 439 g/mol. The molecule has 0 saturated heterocycles. The summed E-state index contributed by atoms with van der Waals surface area (Å²) in [6, 6.07) is 1.17. The molecule has 10 heteroatoms. The van der Waals surface area contributed by atoms with Crippen molar-refractivity contribution in [2.24, 2.45) is 5.92 Å². The molecule has 0 bridgehead atoms. The van der Waals surface area contributed by atoms with E-state index in [1.54, 1.807) is 6.92 Å². The Balaban J connectivity index is 2.10. The third kappa shape index (κ3) is 4.34. The van der Waals surface area contributed by atoms with Gasteiger partial charge < -0.3 is 4.74 Å². The Morgan fingerprint density at radius 1 is 1.34 bits per heavy atom. The molecule has 2 aromatic rings. The first-order valence-electron chi connectivity index (χ1n) is 9.27. The fourth-order valence-corrected chi connectivity index (χ4v) is 4.00. The highest BCUT2D eigenvalue weighted by molar-refractivity contribution is 6.34. The molecule has 4 nitrogen and oxygen atoms in total. The van der Waals surface area contributed by atoms with Crippen molar-refractivity contribution in [2.45, 2.75) is 58.1 Å². The topological polar surface area (TPSA) is 43.6 Å². The largest absolute Gasteiger partial charge is 0.462 e. The Morgan fingerprint density at radius 3 is 2.52 bits per heavy atom. The standard InChI is InChI=1S/C19H20ClF5N2O2/c1-3-29-17(28)12-9-14-26-16(19(23,24)25)13(27(14)10(2)15(12)20)8-11-4-6-18(21,22)7-5-11/h9,11H,3-8H2,1-2H3. The quantitative estimate of drug-likeness (QED) is 0.443. The molecule has 2 heterocycles. The minimum absolute atomic E-state index is 0.0292. The molecule has 0 spiro atoms. The molecular weight excluding hydrogens is 419 g/mol. The van der Waals surface area contributed by atoms with Crippen molar-refractivity contribution in [3.05, 3.63) is 33.7 Å². The van der Waals surface area contributed by atoms with Crippen LogP contribution >= 0.6 is 11.6 Å². The van der Waals surface area contributed by atoms with Crippen molar-refractivity contribution in [1.82, 2.24) is 9.38 Å². The highest BCUT2D eigenvalue weighted by Crippen LogP contribution is 2.40. The Kier molecular flexibility index (Phi) is 5.82. The lowest BCUT2D eigenvalue weighted by molar-refractivity contribution is -0.141. The summed E-state index contributed by atoms with van der Waals surface area (Å²) >= 11 is 6.25. The number of aryl methyl sites for hydroxylation is 1. The average Bonchev–Trinajstić information content (AvgIpc) is 2.99. The molecular formula is C19H20ClF5N2O2. The summed E-state index contributed by atoms with van der Waals surface area (Å²) in [5, 5.41) is -0.0292. The van der Waals surface area contributed by atoms with Gasteiger partial charge in [-0.2, -0.15) is 13.2 Å². The second-order valence-electron chi connectivity index (χ2n) is 7.28. The van der Waals surface area contributed by atoms with Crippen LogP contribution in [0.25, 0.3) is 5.65 Å². The van der Waals surface area contributed by atoms with Crippen LogP contribution in [0.1, 0.15) is 60.0 Å². The number of aromatic nitrogens is 2. The fraction of sp³-hybridized carbons (Fsp3) is 0.579. The minimum atomic E-state index is -4.73. The van der Waals surface area contributed by atoms with Crippen molar-refractivity contribution < 1.29 is 31.5 Å². The molecule has 2 aromatic heterocycles. The van der Waals surface area contributed by atoms with Gasteiger partial charge in [0.2, 0.25) is 5.92 Å².